The number of hydrogen-bond donors (Lipinski definition) is 1. The van der Waals surface area contributed by atoms with Crippen LogP contribution in [0.2, 0.25) is 0 Å². The number of aryl methyl sites for hydroxylation is 1. The molecule has 2 aromatic carbocycles. The van der Waals surface area contributed by atoms with Gasteiger partial charge in [-0.2, -0.15) is 0 Å². The van der Waals surface area contributed by atoms with Gasteiger partial charge in [-0.1, -0.05) is 11.6 Å². The molecule has 28 heavy (non-hydrogen) atoms. The van der Waals surface area contributed by atoms with Gasteiger partial charge in [0.1, 0.15) is 16.4 Å². The van der Waals surface area contributed by atoms with Gasteiger partial charge in [0.15, 0.2) is 0 Å². The van der Waals surface area contributed by atoms with Crippen LogP contribution in [0.5, 0.6) is 11.5 Å². The second-order valence-electron chi connectivity index (χ2n) is 6.22. The molecule has 0 unspecified atom stereocenters. The maximum atomic E-state index is 12.5. The molecule has 2 aromatic rings. The van der Waals surface area contributed by atoms with E-state index in [1.807, 2.05) is 25.1 Å². The van der Waals surface area contributed by atoms with Crippen molar-refractivity contribution >= 4 is 27.7 Å². The summed E-state index contributed by atoms with van der Waals surface area (Å²) in [6.45, 7) is 1.95. The number of anilines is 1. The lowest BCUT2D eigenvalue weighted by molar-refractivity contribution is -0.111. The molecule has 1 N–H and O–H groups in total. The summed E-state index contributed by atoms with van der Waals surface area (Å²) < 4.78 is 36.4. The van der Waals surface area contributed by atoms with Gasteiger partial charge in [-0.05, 0) is 43.3 Å². The second-order valence-corrected chi connectivity index (χ2v) is 8.34. The lowest BCUT2D eigenvalue weighted by Gasteiger charge is -2.15. The highest BCUT2D eigenvalue weighted by Crippen LogP contribution is 2.29. The third-order valence-corrected chi connectivity index (χ3v) is 5.83. The van der Waals surface area contributed by atoms with E-state index < -0.39 is 15.9 Å². The molecule has 2 rings (SSSR count). The minimum Gasteiger partial charge on any atom is -0.496 e. The van der Waals surface area contributed by atoms with Crippen LogP contribution in [0.15, 0.2) is 47.4 Å². The Morgan fingerprint density at radius 1 is 1.04 bits per heavy atom. The van der Waals surface area contributed by atoms with Crippen LogP contribution < -0.4 is 14.8 Å². The van der Waals surface area contributed by atoms with Crippen molar-refractivity contribution in [2.45, 2.75) is 11.8 Å². The molecule has 0 radical (unpaired) electrons. The maximum Gasteiger partial charge on any atom is 0.248 e. The Labute approximate surface area is 165 Å². The fourth-order valence-corrected chi connectivity index (χ4v) is 3.56. The zero-order valence-electron chi connectivity index (χ0n) is 16.5. The third kappa shape index (κ3) is 4.90. The Morgan fingerprint density at radius 3 is 2.29 bits per heavy atom. The van der Waals surface area contributed by atoms with E-state index in [4.69, 9.17) is 9.47 Å². The highest BCUT2D eigenvalue weighted by atomic mass is 32.2. The van der Waals surface area contributed by atoms with E-state index in [-0.39, 0.29) is 10.6 Å². The first-order valence-corrected chi connectivity index (χ1v) is 9.87. The summed E-state index contributed by atoms with van der Waals surface area (Å²) in [4.78, 5) is 12.3. The van der Waals surface area contributed by atoms with Crippen LogP contribution in [0.1, 0.15) is 11.1 Å². The van der Waals surface area contributed by atoms with Crippen molar-refractivity contribution in [1.82, 2.24) is 4.31 Å². The Morgan fingerprint density at radius 2 is 1.68 bits per heavy atom. The highest BCUT2D eigenvalue weighted by Gasteiger charge is 2.22. The lowest BCUT2D eigenvalue weighted by atomic mass is 10.1. The molecule has 1 amide bonds. The van der Waals surface area contributed by atoms with Gasteiger partial charge in [-0.25, -0.2) is 12.7 Å². The minimum absolute atomic E-state index is 0.0258. The Kier molecular flexibility index (Phi) is 6.82. The van der Waals surface area contributed by atoms with Gasteiger partial charge >= 0.3 is 0 Å². The van der Waals surface area contributed by atoms with Gasteiger partial charge in [0, 0.05) is 31.4 Å². The molecule has 7 nitrogen and oxygen atoms in total. The predicted octanol–water partition coefficient (Wildman–Crippen LogP) is 2.91. The normalized spacial score (nSPS) is 11.6. The summed E-state index contributed by atoms with van der Waals surface area (Å²) in [7, 11) is 2.08. The number of methoxy groups -OCH3 is 2. The molecule has 0 heterocycles. The van der Waals surface area contributed by atoms with Crippen molar-refractivity contribution in [2.75, 3.05) is 33.6 Å². The molecule has 0 aliphatic rings. The Hall–Kier alpha value is -2.84. The van der Waals surface area contributed by atoms with Gasteiger partial charge in [0.2, 0.25) is 15.9 Å². The quantitative estimate of drug-likeness (QED) is 0.717. The van der Waals surface area contributed by atoms with Gasteiger partial charge in [0.05, 0.1) is 14.2 Å². The monoisotopic (exact) mass is 404 g/mol. The average Bonchev–Trinajstić information content (AvgIpc) is 2.66. The van der Waals surface area contributed by atoms with Crippen molar-refractivity contribution < 1.29 is 22.7 Å². The summed E-state index contributed by atoms with van der Waals surface area (Å²) >= 11 is 0. The summed E-state index contributed by atoms with van der Waals surface area (Å²) in [5.74, 6) is 0.451. The van der Waals surface area contributed by atoms with E-state index >= 15 is 0 Å². The van der Waals surface area contributed by atoms with E-state index in [1.54, 1.807) is 19.3 Å². The number of carbonyl (C=O) groups excluding carboxylic acids is 1. The second kappa shape index (κ2) is 8.90. The smallest absolute Gasteiger partial charge is 0.248 e. The number of rotatable bonds is 7. The molecule has 0 aromatic heterocycles. The summed E-state index contributed by atoms with van der Waals surface area (Å²) in [6, 6.07) is 10.1. The fourth-order valence-electron chi connectivity index (χ4n) is 2.49. The van der Waals surface area contributed by atoms with Crippen LogP contribution in [-0.4, -0.2) is 46.9 Å². The van der Waals surface area contributed by atoms with Crippen molar-refractivity contribution in [3.05, 3.63) is 53.6 Å². The van der Waals surface area contributed by atoms with Gasteiger partial charge < -0.3 is 14.8 Å². The minimum atomic E-state index is -3.72. The zero-order chi connectivity index (χ0) is 20.9. The van der Waals surface area contributed by atoms with Crippen molar-refractivity contribution in [3.63, 3.8) is 0 Å². The largest absolute Gasteiger partial charge is 0.496 e. The van der Waals surface area contributed by atoms with E-state index in [0.717, 1.165) is 15.4 Å². The van der Waals surface area contributed by atoms with Crippen molar-refractivity contribution in [3.8, 4) is 11.5 Å². The first kappa shape index (κ1) is 21.5. The third-order valence-electron chi connectivity index (χ3n) is 3.99. The maximum absolute atomic E-state index is 12.5. The van der Waals surface area contributed by atoms with Crippen LogP contribution in [0.4, 0.5) is 5.69 Å². The molecule has 0 bridgehead atoms. The topological polar surface area (TPSA) is 84.9 Å². The first-order chi connectivity index (χ1) is 13.2. The highest BCUT2D eigenvalue weighted by molar-refractivity contribution is 7.89. The van der Waals surface area contributed by atoms with E-state index in [9.17, 15) is 13.2 Å². The molecule has 0 aliphatic heterocycles. The average molecular weight is 404 g/mol. The molecule has 0 saturated heterocycles. The van der Waals surface area contributed by atoms with Gasteiger partial charge in [-0.15, -0.1) is 0 Å². The number of nitrogens with zero attached hydrogens (tertiary/aromatic N) is 1. The molecular formula is C20H24N2O5S. The number of ether oxygens (including phenoxy) is 2. The molecule has 0 spiro atoms. The molecule has 0 atom stereocenters. The number of benzene rings is 2. The lowest BCUT2D eigenvalue weighted by Crippen LogP contribution is -2.23. The summed E-state index contributed by atoms with van der Waals surface area (Å²) in [6.07, 6.45) is 3.00. The number of nitrogens with one attached hydrogen (secondary N) is 1. The van der Waals surface area contributed by atoms with Crippen LogP contribution >= 0.6 is 0 Å². The summed E-state index contributed by atoms with van der Waals surface area (Å²) in [5, 5.41) is 2.66. The summed E-state index contributed by atoms with van der Waals surface area (Å²) in [5.41, 5.74) is 2.14. The molecule has 0 aliphatic carbocycles. The van der Waals surface area contributed by atoms with Crippen LogP contribution in [0.3, 0.4) is 0 Å². The SMILES string of the molecule is COc1ccc(C)cc1/C=C/C(=O)Nc1ccc(OC)c(S(=O)(=O)N(C)C)c1. The number of sulfonamides is 1. The number of carbonyl (C=O) groups is 1. The van der Waals surface area contributed by atoms with E-state index in [2.05, 4.69) is 5.32 Å². The van der Waals surface area contributed by atoms with E-state index in [0.29, 0.717) is 11.4 Å². The molecular weight excluding hydrogens is 380 g/mol. The van der Waals surface area contributed by atoms with Crippen LogP contribution in [0.25, 0.3) is 6.08 Å². The standard InChI is InChI=1S/C20H24N2O5S/c1-14-6-9-17(26-4)15(12-14)7-11-20(23)21-16-8-10-18(27-5)19(13-16)28(24,25)22(2)3/h6-13H,1-5H3,(H,21,23)/b11-7+. The Balaban J connectivity index is 2.26. The Bertz CT molecular complexity index is 998. The van der Waals surface area contributed by atoms with Gasteiger partial charge in [0.25, 0.3) is 0 Å². The fraction of sp³-hybridized carbons (Fsp3) is 0.250. The van der Waals surface area contributed by atoms with E-state index in [1.165, 1.54) is 39.4 Å². The molecule has 8 heteroatoms. The molecule has 150 valence electrons. The number of amides is 1. The van der Waals surface area contributed by atoms with Gasteiger partial charge in [-0.3, -0.25) is 4.79 Å². The van der Waals surface area contributed by atoms with Crippen molar-refractivity contribution in [1.29, 1.82) is 0 Å². The van der Waals surface area contributed by atoms with Crippen LogP contribution in [0, 0.1) is 6.92 Å². The molecule has 0 fully saturated rings. The number of hydrogen-bond acceptors (Lipinski definition) is 5. The first-order valence-electron chi connectivity index (χ1n) is 8.43. The predicted molar refractivity (Wildman–Crippen MR) is 109 cm³/mol. The van der Waals surface area contributed by atoms with Crippen LogP contribution in [-0.2, 0) is 14.8 Å². The van der Waals surface area contributed by atoms with Crippen molar-refractivity contribution in [2.24, 2.45) is 0 Å². The zero-order valence-corrected chi connectivity index (χ0v) is 17.3. The molecule has 0 saturated carbocycles.